The van der Waals surface area contributed by atoms with Gasteiger partial charge in [0.05, 0.1) is 5.41 Å². The molecule has 29 heavy (non-hydrogen) atoms. The maximum Gasteiger partial charge on any atom is 0.249 e. The first kappa shape index (κ1) is 20.0. The van der Waals surface area contributed by atoms with Gasteiger partial charge in [-0.15, -0.1) is 0 Å². The first-order chi connectivity index (χ1) is 13.8. The predicted molar refractivity (Wildman–Crippen MR) is 107 cm³/mol. The molecule has 3 aliphatic rings. The summed E-state index contributed by atoms with van der Waals surface area (Å²) in [6, 6.07) is 5.16. The van der Waals surface area contributed by atoms with E-state index < -0.39 is 23.5 Å². The number of hydrogen-bond acceptors (Lipinski definition) is 4. The number of nitrogens with zero attached hydrogens (tertiary/aromatic N) is 2. The molecule has 2 unspecified atom stereocenters. The quantitative estimate of drug-likeness (QED) is 0.785. The second-order valence-corrected chi connectivity index (χ2v) is 8.87. The van der Waals surface area contributed by atoms with Crippen LogP contribution in [0.2, 0.25) is 0 Å². The molecule has 0 radical (unpaired) electrons. The van der Waals surface area contributed by atoms with Gasteiger partial charge in [-0.25, -0.2) is 4.39 Å². The molecule has 0 bridgehead atoms. The number of alkyl halides is 1. The maximum atomic E-state index is 13.7. The summed E-state index contributed by atoms with van der Waals surface area (Å²) in [5, 5.41) is 2.36. The van der Waals surface area contributed by atoms with Crippen molar-refractivity contribution in [3.05, 3.63) is 29.3 Å². The molecule has 0 saturated carbocycles. The molecular weight excluding hydrogens is 373 g/mol. The number of amides is 3. The van der Waals surface area contributed by atoms with Gasteiger partial charge in [0.25, 0.3) is 0 Å². The van der Waals surface area contributed by atoms with Gasteiger partial charge in [0.15, 0.2) is 0 Å². The molecule has 1 aromatic rings. The molecule has 156 valence electrons. The molecule has 2 fully saturated rings. The van der Waals surface area contributed by atoms with Gasteiger partial charge in [0, 0.05) is 25.2 Å². The minimum Gasteiger partial charge on any atom is -0.300 e. The number of hydrogen-bond donors (Lipinski definition) is 1. The van der Waals surface area contributed by atoms with E-state index >= 15 is 0 Å². The fourth-order valence-electron chi connectivity index (χ4n) is 4.95. The summed E-state index contributed by atoms with van der Waals surface area (Å²) in [5.41, 5.74) is 2.02. The number of fused-ring (bicyclic) bond motifs is 1. The number of anilines is 1. The summed E-state index contributed by atoms with van der Waals surface area (Å²) in [5.74, 6) is -0.818. The van der Waals surface area contributed by atoms with Crippen LogP contribution in [0.25, 0.3) is 0 Å². The lowest BCUT2D eigenvalue weighted by Gasteiger charge is -2.31. The van der Waals surface area contributed by atoms with E-state index in [-0.39, 0.29) is 18.2 Å². The Kier molecular flexibility index (Phi) is 5.19. The second kappa shape index (κ2) is 7.52. The molecule has 1 N–H and O–H groups in total. The van der Waals surface area contributed by atoms with Crippen LogP contribution < -0.4 is 10.2 Å². The summed E-state index contributed by atoms with van der Waals surface area (Å²) >= 11 is 0. The van der Waals surface area contributed by atoms with Crippen LogP contribution >= 0.6 is 0 Å². The molecule has 0 spiro atoms. The summed E-state index contributed by atoms with van der Waals surface area (Å²) < 4.78 is 13.7. The van der Waals surface area contributed by atoms with E-state index in [0.29, 0.717) is 19.4 Å². The molecule has 0 aromatic heterocycles. The van der Waals surface area contributed by atoms with E-state index in [1.807, 2.05) is 32.0 Å². The standard InChI is InChI=1S/C22H28FN3O3/c1-22(2)19-14(10-12-25-11-4-6-15(23)13-25)5-3-7-16(19)26(21(22)29)17-8-9-18(27)24-20(17)28/h3,5,7,15,17H,4,6,8-13H2,1-2H3,(H,24,27,28). The molecule has 2 saturated heterocycles. The van der Waals surface area contributed by atoms with E-state index in [1.165, 1.54) is 0 Å². The lowest BCUT2D eigenvalue weighted by molar-refractivity contribution is -0.136. The van der Waals surface area contributed by atoms with Gasteiger partial charge in [-0.1, -0.05) is 12.1 Å². The van der Waals surface area contributed by atoms with Crippen LogP contribution in [0.15, 0.2) is 18.2 Å². The number of imide groups is 1. The van der Waals surface area contributed by atoms with E-state index in [9.17, 15) is 18.8 Å². The van der Waals surface area contributed by atoms with Gasteiger partial charge in [-0.3, -0.25) is 24.6 Å². The minimum absolute atomic E-state index is 0.115. The third-order valence-electron chi connectivity index (χ3n) is 6.43. The normalized spacial score (nSPS) is 27.1. The number of carbonyl (C=O) groups is 3. The van der Waals surface area contributed by atoms with Crippen molar-refractivity contribution >= 4 is 23.4 Å². The third-order valence-corrected chi connectivity index (χ3v) is 6.43. The van der Waals surface area contributed by atoms with Crippen LogP contribution in [0.3, 0.4) is 0 Å². The van der Waals surface area contributed by atoms with Gasteiger partial charge in [-0.05, 0) is 63.3 Å². The van der Waals surface area contributed by atoms with Crippen molar-refractivity contribution in [2.75, 3.05) is 24.5 Å². The lowest BCUT2D eigenvalue weighted by atomic mass is 9.82. The molecule has 6 nitrogen and oxygen atoms in total. The lowest BCUT2D eigenvalue weighted by Crippen LogP contribution is -2.55. The molecule has 2 atom stereocenters. The zero-order valence-electron chi connectivity index (χ0n) is 17.0. The molecule has 0 aliphatic carbocycles. The zero-order chi connectivity index (χ0) is 20.8. The summed E-state index contributed by atoms with van der Waals surface area (Å²) in [7, 11) is 0. The first-order valence-corrected chi connectivity index (χ1v) is 10.4. The Bertz CT molecular complexity index is 854. The van der Waals surface area contributed by atoms with E-state index in [2.05, 4.69) is 10.2 Å². The van der Waals surface area contributed by atoms with Crippen molar-refractivity contribution in [2.45, 2.75) is 63.6 Å². The van der Waals surface area contributed by atoms with Crippen LogP contribution in [0, 0.1) is 0 Å². The van der Waals surface area contributed by atoms with Gasteiger partial charge in [0.2, 0.25) is 17.7 Å². The predicted octanol–water partition coefficient (Wildman–Crippen LogP) is 2.09. The molecule has 4 rings (SSSR count). The second-order valence-electron chi connectivity index (χ2n) is 8.87. The molecule has 3 heterocycles. The fraction of sp³-hybridized carbons (Fsp3) is 0.591. The monoisotopic (exact) mass is 401 g/mol. The Hall–Kier alpha value is -2.28. The van der Waals surface area contributed by atoms with E-state index in [4.69, 9.17) is 0 Å². The highest BCUT2D eigenvalue weighted by molar-refractivity contribution is 6.13. The molecule has 3 aliphatic heterocycles. The molecular formula is C22H28FN3O3. The smallest absolute Gasteiger partial charge is 0.249 e. The minimum atomic E-state index is -0.758. The van der Waals surface area contributed by atoms with Crippen molar-refractivity contribution in [1.29, 1.82) is 0 Å². The number of rotatable bonds is 4. The Labute approximate surface area is 170 Å². The van der Waals surface area contributed by atoms with Crippen LogP contribution in [0.5, 0.6) is 0 Å². The van der Waals surface area contributed by atoms with Gasteiger partial charge < -0.3 is 4.90 Å². The highest BCUT2D eigenvalue weighted by atomic mass is 19.1. The van der Waals surface area contributed by atoms with Crippen molar-refractivity contribution in [3.63, 3.8) is 0 Å². The Morgan fingerprint density at radius 3 is 2.72 bits per heavy atom. The van der Waals surface area contributed by atoms with Crippen LogP contribution in [-0.2, 0) is 26.2 Å². The van der Waals surface area contributed by atoms with E-state index in [1.54, 1.807) is 4.90 Å². The highest BCUT2D eigenvalue weighted by Gasteiger charge is 2.49. The number of halogens is 1. The SMILES string of the molecule is CC1(C)C(=O)N(C2CCC(=O)NC2=O)c2cccc(CCN3CCCC(F)C3)c21. The summed E-state index contributed by atoms with van der Waals surface area (Å²) in [6.07, 6.45) is 2.06. The Morgan fingerprint density at radius 2 is 2.00 bits per heavy atom. The highest BCUT2D eigenvalue weighted by Crippen LogP contribution is 2.45. The molecule has 1 aromatic carbocycles. The fourth-order valence-corrected chi connectivity index (χ4v) is 4.95. The first-order valence-electron chi connectivity index (χ1n) is 10.4. The third kappa shape index (κ3) is 3.56. The number of likely N-dealkylation sites (tertiary alicyclic amines) is 1. The van der Waals surface area contributed by atoms with Gasteiger partial charge >= 0.3 is 0 Å². The largest absolute Gasteiger partial charge is 0.300 e. The number of piperidine rings is 2. The maximum absolute atomic E-state index is 13.7. The van der Waals surface area contributed by atoms with Crippen molar-refractivity contribution in [2.24, 2.45) is 0 Å². The van der Waals surface area contributed by atoms with Gasteiger partial charge in [-0.2, -0.15) is 0 Å². The summed E-state index contributed by atoms with van der Waals surface area (Å²) in [4.78, 5) is 41.0. The zero-order valence-corrected chi connectivity index (χ0v) is 17.0. The van der Waals surface area contributed by atoms with Gasteiger partial charge in [0.1, 0.15) is 12.2 Å². The number of carbonyl (C=O) groups excluding carboxylic acids is 3. The average molecular weight is 401 g/mol. The number of nitrogens with one attached hydrogen (secondary N) is 1. The van der Waals surface area contributed by atoms with Crippen LogP contribution in [-0.4, -0.2) is 54.5 Å². The number of benzene rings is 1. The van der Waals surface area contributed by atoms with Crippen molar-refractivity contribution < 1.29 is 18.8 Å². The summed E-state index contributed by atoms with van der Waals surface area (Å²) in [6.45, 7) is 5.91. The van der Waals surface area contributed by atoms with Crippen LogP contribution in [0.1, 0.15) is 50.7 Å². The van der Waals surface area contributed by atoms with Crippen molar-refractivity contribution in [3.8, 4) is 0 Å². The van der Waals surface area contributed by atoms with E-state index in [0.717, 1.165) is 42.7 Å². The average Bonchev–Trinajstić information content (AvgIpc) is 2.87. The molecule has 3 amide bonds. The Morgan fingerprint density at radius 1 is 1.21 bits per heavy atom. The topological polar surface area (TPSA) is 69.7 Å². The Balaban J connectivity index is 1.61. The van der Waals surface area contributed by atoms with Crippen molar-refractivity contribution in [1.82, 2.24) is 10.2 Å². The van der Waals surface area contributed by atoms with Crippen LogP contribution in [0.4, 0.5) is 10.1 Å². The molecule has 7 heteroatoms.